The Morgan fingerprint density at radius 3 is 2.86 bits per heavy atom. The van der Waals surface area contributed by atoms with E-state index in [1.165, 1.54) is 5.39 Å². The van der Waals surface area contributed by atoms with Crippen molar-refractivity contribution < 1.29 is 0 Å². The molecular weight excluding hydrogens is 258 g/mol. The fraction of sp³-hybridized carbons (Fsp3) is 0.111. The molecule has 102 valence electrons. The number of nitrogens with one attached hydrogen (secondary N) is 1. The van der Waals surface area contributed by atoms with Crippen molar-refractivity contribution in [2.75, 3.05) is 5.32 Å². The molecule has 2 heterocycles. The molecule has 0 amide bonds. The zero-order chi connectivity index (χ0) is 14.1. The van der Waals surface area contributed by atoms with Crippen molar-refractivity contribution in [2.24, 2.45) is 16.8 Å². The molecule has 0 bridgehead atoms. The standard InChI is InChI=1S/C18H15N3/c1-3-7-15-13(5-1)9-11-19-17(15)21-18-16-8-4-2-6-14(16)10-12-20-18/h1-13,15H,(H,19,20,21). The van der Waals surface area contributed by atoms with Crippen LogP contribution in [0.1, 0.15) is 0 Å². The van der Waals surface area contributed by atoms with Crippen LogP contribution in [-0.4, -0.2) is 10.8 Å². The monoisotopic (exact) mass is 273 g/mol. The van der Waals surface area contributed by atoms with Crippen LogP contribution in [0.2, 0.25) is 0 Å². The second kappa shape index (κ2) is 5.02. The van der Waals surface area contributed by atoms with Gasteiger partial charge in [0, 0.05) is 29.6 Å². The highest BCUT2D eigenvalue weighted by Gasteiger charge is 2.24. The van der Waals surface area contributed by atoms with Gasteiger partial charge in [-0.1, -0.05) is 54.6 Å². The number of amidine groups is 1. The normalized spacial score (nSPS) is 23.0. The lowest BCUT2D eigenvalue weighted by atomic mass is 9.86. The number of rotatable bonds is 1. The second-order valence-electron chi connectivity index (χ2n) is 5.23. The molecule has 4 rings (SSSR count). The molecule has 1 aliphatic heterocycles. The van der Waals surface area contributed by atoms with Gasteiger partial charge in [0.2, 0.25) is 0 Å². The van der Waals surface area contributed by atoms with E-state index in [9.17, 15) is 0 Å². The van der Waals surface area contributed by atoms with E-state index in [-0.39, 0.29) is 5.92 Å². The highest BCUT2D eigenvalue weighted by atomic mass is 15.1. The minimum Gasteiger partial charge on any atom is -0.327 e. The SMILES string of the molecule is C1=CC2C=CN=C(Nc3nccc4ccccc34)C2C=C1. The summed E-state index contributed by atoms with van der Waals surface area (Å²) in [6.07, 6.45) is 14.4. The summed E-state index contributed by atoms with van der Waals surface area (Å²) in [4.78, 5) is 9.00. The molecule has 3 nitrogen and oxygen atoms in total. The van der Waals surface area contributed by atoms with Gasteiger partial charge in [0.25, 0.3) is 0 Å². The molecule has 1 aliphatic carbocycles. The molecule has 0 saturated heterocycles. The van der Waals surface area contributed by atoms with Crippen LogP contribution in [-0.2, 0) is 0 Å². The third kappa shape index (κ3) is 2.17. The first-order valence-corrected chi connectivity index (χ1v) is 7.12. The fourth-order valence-corrected chi connectivity index (χ4v) is 2.85. The molecule has 2 unspecified atom stereocenters. The maximum Gasteiger partial charge on any atom is 0.139 e. The summed E-state index contributed by atoms with van der Waals surface area (Å²) in [6.45, 7) is 0. The number of anilines is 1. The molecule has 0 spiro atoms. The molecule has 2 aliphatic rings. The topological polar surface area (TPSA) is 37.3 Å². The van der Waals surface area contributed by atoms with E-state index in [1.807, 2.05) is 30.6 Å². The molecule has 3 heteroatoms. The summed E-state index contributed by atoms with van der Waals surface area (Å²) in [5, 5.41) is 5.72. The molecule has 0 saturated carbocycles. The molecule has 2 aromatic rings. The Kier molecular flexibility index (Phi) is 2.89. The summed E-state index contributed by atoms with van der Waals surface area (Å²) in [7, 11) is 0. The fourth-order valence-electron chi connectivity index (χ4n) is 2.85. The average molecular weight is 273 g/mol. The number of aromatic nitrogens is 1. The van der Waals surface area contributed by atoms with E-state index < -0.39 is 0 Å². The zero-order valence-electron chi connectivity index (χ0n) is 11.5. The van der Waals surface area contributed by atoms with Gasteiger partial charge in [-0.3, -0.25) is 0 Å². The van der Waals surface area contributed by atoms with E-state index in [0.29, 0.717) is 5.92 Å². The Morgan fingerprint density at radius 1 is 0.952 bits per heavy atom. The first-order chi connectivity index (χ1) is 10.4. The lowest BCUT2D eigenvalue weighted by molar-refractivity contribution is 0.689. The van der Waals surface area contributed by atoms with Crippen LogP contribution in [0.5, 0.6) is 0 Å². The summed E-state index contributed by atoms with van der Waals surface area (Å²) in [6, 6.07) is 10.3. The summed E-state index contributed by atoms with van der Waals surface area (Å²) < 4.78 is 0. The van der Waals surface area contributed by atoms with Crippen molar-refractivity contribution in [1.29, 1.82) is 0 Å². The Labute approximate surface area is 123 Å². The molecule has 2 atom stereocenters. The molecule has 0 fully saturated rings. The first kappa shape index (κ1) is 12.1. The van der Waals surface area contributed by atoms with Gasteiger partial charge < -0.3 is 5.32 Å². The minimum absolute atomic E-state index is 0.265. The third-order valence-corrected chi connectivity index (χ3v) is 3.94. The number of benzene rings is 1. The minimum atomic E-state index is 0.265. The number of fused-ring (bicyclic) bond motifs is 2. The zero-order valence-corrected chi connectivity index (χ0v) is 11.5. The van der Waals surface area contributed by atoms with Crippen molar-refractivity contribution >= 4 is 22.4 Å². The van der Waals surface area contributed by atoms with Gasteiger partial charge in [-0.25, -0.2) is 9.98 Å². The largest absolute Gasteiger partial charge is 0.327 e. The van der Waals surface area contributed by atoms with Crippen LogP contribution < -0.4 is 5.32 Å². The van der Waals surface area contributed by atoms with E-state index >= 15 is 0 Å². The van der Waals surface area contributed by atoms with Crippen LogP contribution >= 0.6 is 0 Å². The van der Waals surface area contributed by atoms with Crippen molar-refractivity contribution in [1.82, 2.24) is 4.98 Å². The van der Waals surface area contributed by atoms with E-state index in [2.05, 4.69) is 57.8 Å². The van der Waals surface area contributed by atoms with Gasteiger partial charge in [-0.05, 0) is 11.5 Å². The van der Waals surface area contributed by atoms with Gasteiger partial charge >= 0.3 is 0 Å². The number of allylic oxidation sites excluding steroid dienone is 4. The van der Waals surface area contributed by atoms with Crippen LogP contribution in [0.25, 0.3) is 10.8 Å². The predicted molar refractivity (Wildman–Crippen MR) is 87.2 cm³/mol. The Balaban J connectivity index is 1.72. The molecule has 1 aromatic heterocycles. The van der Waals surface area contributed by atoms with Gasteiger partial charge in [-0.2, -0.15) is 0 Å². The van der Waals surface area contributed by atoms with Gasteiger partial charge in [0.1, 0.15) is 11.7 Å². The summed E-state index contributed by atoms with van der Waals surface area (Å²) >= 11 is 0. The molecule has 1 N–H and O–H groups in total. The van der Waals surface area contributed by atoms with Crippen LogP contribution in [0.15, 0.2) is 78.1 Å². The quantitative estimate of drug-likeness (QED) is 0.854. The third-order valence-electron chi connectivity index (χ3n) is 3.94. The van der Waals surface area contributed by atoms with Crippen LogP contribution in [0, 0.1) is 11.8 Å². The Hall–Kier alpha value is -2.68. The van der Waals surface area contributed by atoms with Crippen molar-refractivity contribution in [3.05, 3.63) is 73.1 Å². The van der Waals surface area contributed by atoms with Crippen molar-refractivity contribution in [3.8, 4) is 0 Å². The number of pyridine rings is 1. The molecule has 21 heavy (non-hydrogen) atoms. The highest BCUT2D eigenvalue weighted by molar-refractivity contribution is 6.05. The van der Waals surface area contributed by atoms with Gasteiger partial charge in [-0.15, -0.1) is 0 Å². The molecule has 1 aromatic carbocycles. The average Bonchev–Trinajstić information content (AvgIpc) is 2.56. The van der Waals surface area contributed by atoms with Gasteiger partial charge in [0.15, 0.2) is 0 Å². The lowest BCUT2D eigenvalue weighted by Crippen LogP contribution is -2.29. The van der Waals surface area contributed by atoms with E-state index in [4.69, 9.17) is 0 Å². The van der Waals surface area contributed by atoms with Crippen LogP contribution in [0.3, 0.4) is 0 Å². The Morgan fingerprint density at radius 2 is 1.86 bits per heavy atom. The van der Waals surface area contributed by atoms with Gasteiger partial charge in [0.05, 0.1) is 0 Å². The highest BCUT2D eigenvalue weighted by Crippen LogP contribution is 2.28. The number of hydrogen-bond donors (Lipinski definition) is 1. The summed E-state index contributed by atoms with van der Waals surface area (Å²) in [5.41, 5.74) is 0. The predicted octanol–water partition coefficient (Wildman–Crippen LogP) is 3.93. The molecule has 0 radical (unpaired) electrons. The smallest absolute Gasteiger partial charge is 0.139 e. The van der Waals surface area contributed by atoms with Crippen molar-refractivity contribution in [3.63, 3.8) is 0 Å². The number of nitrogens with zero attached hydrogens (tertiary/aromatic N) is 2. The van der Waals surface area contributed by atoms with E-state index in [1.54, 1.807) is 0 Å². The number of aliphatic imine (C=N–C) groups is 1. The van der Waals surface area contributed by atoms with Crippen LogP contribution in [0.4, 0.5) is 5.82 Å². The molecular formula is C18H15N3. The Bertz CT molecular complexity index is 794. The number of hydrogen-bond acceptors (Lipinski definition) is 3. The maximum atomic E-state index is 4.52. The van der Waals surface area contributed by atoms with E-state index in [0.717, 1.165) is 17.0 Å². The summed E-state index contributed by atoms with van der Waals surface area (Å²) in [5.74, 6) is 2.46. The second-order valence-corrected chi connectivity index (χ2v) is 5.23. The first-order valence-electron chi connectivity index (χ1n) is 7.12. The van der Waals surface area contributed by atoms with Crippen molar-refractivity contribution in [2.45, 2.75) is 0 Å². The lowest BCUT2D eigenvalue weighted by Gasteiger charge is -2.26. The maximum absolute atomic E-state index is 4.52.